The molecule has 0 spiro atoms. The summed E-state index contributed by atoms with van der Waals surface area (Å²) < 4.78 is 9.89. The van der Waals surface area contributed by atoms with Crippen LogP contribution in [0.3, 0.4) is 0 Å². The van der Waals surface area contributed by atoms with Crippen LogP contribution in [-0.4, -0.2) is 30.3 Å². The molecule has 1 aromatic carbocycles. The van der Waals surface area contributed by atoms with Crippen LogP contribution in [0.4, 0.5) is 0 Å². The van der Waals surface area contributed by atoms with Gasteiger partial charge in [-0.25, -0.2) is 4.79 Å². The summed E-state index contributed by atoms with van der Waals surface area (Å²) in [5, 5.41) is 11.0. The number of rotatable bonds is 6. The number of carbonyl (C=O) groups is 1. The number of aryl methyl sites for hydroxylation is 1. The second-order valence-electron chi connectivity index (χ2n) is 5.34. The number of hydrogen-bond acceptors (Lipinski definition) is 5. The molecule has 0 fully saturated rings. The lowest BCUT2D eigenvalue weighted by atomic mass is 10.0. The van der Waals surface area contributed by atoms with Crippen LogP contribution in [-0.2, 0) is 11.2 Å². The molecule has 0 atom stereocenters. The Morgan fingerprint density at radius 1 is 1.26 bits per heavy atom. The molecular weight excluding hydrogens is 298 g/mol. The normalized spacial score (nSPS) is 10.7. The summed E-state index contributed by atoms with van der Waals surface area (Å²) in [4.78, 5) is 26.1. The number of phenols is 1. The highest BCUT2D eigenvalue weighted by Crippen LogP contribution is 2.37. The summed E-state index contributed by atoms with van der Waals surface area (Å²) in [6.07, 6.45) is 3.86. The number of unbranched alkanes of at least 4 members (excludes halogenated alkanes) is 2. The zero-order chi connectivity index (χ0) is 17.0. The number of carbonyl (C=O) groups excluding carboxylic acids is 1. The first kappa shape index (κ1) is 16.9. The fourth-order valence-electron chi connectivity index (χ4n) is 2.62. The Morgan fingerprint density at radius 3 is 2.61 bits per heavy atom. The Balaban J connectivity index is 2.62. The molecule has 1 heterocycles. The first-order chi connectivity index (χ1) is 11.0. The van der Waals surface area contributed by atoms with Crippen LogP contribution < -0.4 is 10.3 Å². The Morgan fingerprint density at radius 2 is 2.00 bits per heavy atom. The van der Waals surface area contributed by atoms with Crippen molar-refractivity contribution in [3.05, 3.63) is 33.6 Å². The standard InChI is InChI=1S/C17H21NO5/c1-4-5-6-7-10-8-11-9-12(17(21)23-3)16(20)18-13(11)14(19)15(10)22-2/h8-9,19H,4-7H2,1-3H3,(H,18,20). The number of aromatic hydroxyl groups is 1. The van der Waals surface area contributed by atoms with Crippen molar-refractivity contribution in [3.8, 4) is 11.5 Å². The number of ether oxygens (including phenoxy) is 2. The molecule has 0 amide bonds. The molecule has 0 aliphatic rings. The molecule has 2 rings (SSSR count). The van der Waals surface area contributed by atoms with Crippen LogP contribution in [0.5, 0.6) is 11.5 Å². The van der Waals surface area contributed by atoms with Crippen molar-refractivity contribution in [1.82, 2.24) is 4.98 Å². The molecule has 1 aromatic heterocycles. The predicted molar refractivity (Wildman–Crippen MR) is 87.4 cm³/mol. The minimum atomic E-state index is -0.712. The number of benzene rings is 1. The van der Waals surface area contributed by atoms with Crippen LogP contribution in [0.15, 0.2) is 16.9 Å². The minimum Gasteiger partial charge on any atom is -0.503 e. The smallest absolute Gasteiger partial charge is 0.343 e. The van der Waals surface area contributed by atoms with Crippen molar-refractivity contribution >= 4 is 16.9 Å². The van der Waals surface area contributed by atoms with Crippen LogP contribution in [0.2, 0.25) is 0 Å². The lowest BCUT2D eigenvalue weighted by Gasteiger charge is -2.13. The molecule has 0 aliphatic heterocycles. The van der Waals surface area contributed by atoms with Crippen molar-refractivity contribution in [3.63, 3.8) is 0 Å². The molecule has 0 unspecified atom stereocenters. The van der Waals surface area contributed by atoms with Crippen LogP contribution in [0.1, 0.15) is 42.1 Å². The van der Waals surface area contributed by atoms with Crippen LogP contribution in [0, 0.1) is 0 Å². The highest BCUT2D eigenvalue weighted by atomic mass is 16.5. The maximum Gasteiger partial charge on any atom is 0.343 e. The molecule has 0 radical (unpaired) electrons. The van der Waals surface area contributed by atoms with E-state index in [1.165, 1.54) is 20.3 Å². The van der Waals surface area contributed by atoms with E-state index in [0.29, 0.717) is 11.1 Å². The van der Waals surface area contributed by atoms with E-state index >= 15 is 0 Å². The van der Waals surface area contributed by atoms with Crippen LogP contribution in [0.25, 0.3) is 10.9 Å². The quantitative estimate of drug-likeness (QED) is 0.631. The molecule has 0 saturated carbocycles. The van der Waals surface area contributed by atoms with E-state index < -0.39 is 11.5 Å². The number of H-pyrrole nitrogens is 1. The van der Waals surface area contributed by atoms with E-state index in [-0.39, 0.29) is 16.8 Å². The largest absolute Gasteiger partial charge is 0.503 e. The maximum atomic E-state index is 12.0. The summed E-state index contributed by atoms with van der Waals surface area (Å²) >= 11 is 0. The third-order valence-corrected chi connectivity index (χ3v) is 3.80. The monoisotopic (exact) mass is 319 g/mol. The van der Waals surface area contributed by atoms with Gasteiger partial charge in [-0.3, -0.25) is 4.79 Å². The fourth-order valence-corrected chi connectivity index (χ4v) is 2.62. The second-order valence-corrected chi connectivity index (χ2v) is 5.34. The van der Waals surface area contributed by atoms with Gasteiger partial charge < -0.3 is 19.6 Å². The molecule has 6 nitrogen and oxygen atoms in total. The Bertz CT molecular complexity index is 779. The van der Waals surface area contributed by atoms with Gasteiger partial charge >= 0.3 is 5.97 Å². The third kappa shape index (κ3) is 3.31. The van der Waals surface area contributed by atoms with Crippen molar-refractivity contribution in [2.24, 2.45) is 0 Å². The maximum absolute atomic E-state index is 12.0. The van der Waals surface area contributed by atoms with Gasteiger partial charge in [0.05, 0.1) is 19.7 Å². The average molecular weight is 319 g/mol. The lowest BCUT2D eigenvalue weighted by Crippen LogP contribution is -2.18. The van der Waals surface area contributed by atoms with Gasteiger partial charge in [0, 0.05) is 5.39 Å². The van der Waals surface area contributed by atoms with Crippen molar-refractivity contribution < 1.29 is 19.4 Å². The highest BCUT2D eigenvalue weighted by Gasteiger charge is 2.18. The van der Waals surface area contributed by atoms with E-state index in [1.807, 2.05) is 6.07 Å². The van der Waals surface area contributed by atoms with E-state index in [0.717, 1.165) is 31.2 Å². The summed E-state index contributed by atoms with van der Waals surface area (Å²) in [5.41, 5.74) is 0.386. The molecule has 2 N–H and O–H groups in total. The van der Waals surface area contributed by atoms with Gasteiger partial charge in [-0.2, -0.15) is 0 Å². The third-order valence-electron chi connectivity index (χ3n) is 3.80. The molecule has 6 heteroatoms. The zero-order valence-electron chi connectivity index (χ0n) is 13.6. The first-order valence-corrected chi connectivity index (χ1v) is 7.57. The Kier molecular flexibility index (Phi) is 5.26. The number of fused-ring (bicyclic) bond motifs is 1. The number of hydrogen-bond donors (Lipinski definition) is 2. The van der Waals surface area contributed by atoms with E-state index in [9.17, 15) is 14.7 Å². The summed E-state index contributed by atoms with van der Waals surface area (Å²) in [5.74, 6) is -0.476. The summed E-state index contributed by atoms with van der Waals surface area (Å²) in [6.45, 7) is 2.11. The molecule has 124 valence electrons. The van der Waals surface area contributed by atoms with Gasteiger partial charge in [-0.05, 0) is 30.5 Å². The van der Waals surface area contributed by atoms with Gasteiger partial charge in [-0.1, -0.05) is 19.8 Å². The molecule has 0 bridgehead atoms. The predicted octanol–water partition coefficient (Wildman–Crippen LogP) is 2.76. The average Bonchev–Trinajstić information content (AvgIpc) is 2.55. The first-order valence-electron chi connectivity index (χ1n) is 7.57. The van der Waals surface area contributed by atoms with E-state index in [1.54, 1.807) is 0 Å². The summed E-state index contributed by atoms with van der Waals surface area (Å²) in [6, 6.07) is 3.26. The number of nitrogens with one attached hydrogen (secondary N) is 1. The van der Waals surface area contributed by atoms with Gasteiger partial charge in [0.25, 0.3) is 5.56 Å². The SMILES string of the molecule is CCCCCc1cc2cc(C(=O)OC)c(=O)[nH]c2c(O)c1OC. The number of aromatic nitrogens is 1. The summed E-state index contributed by atoms with van der Waals surface area (Å²) in [7, 11) is 2.69. The van der Waals surface area contributed by atoms with Crippen molar-refractivity contribution in [2.75, 3.05) is 14.2 Å². The lowest BCUT2D eigenvalue weighted by molar-refractivity contribution is 0.0599. The van der Waals surface area contributed by atoms with E-state index in [2.05, 4.69) is 16.6 Å². The topological polar surface area (TPSA) is 88.6 Å². The van der Waals surface area contributed by atoms with Gasteiger partial charge in [-0.15, -0.1) is 0 Å². The zero-order valence-corrected chi connectivity index (χ0v) is 13.6. The van der Waals surface area contributed by atoms with E-state index in [4.69, 9.17) is 4.74 Å². The highest BCUT2D eigenvalue weighted by molar-refractivity contribution is 5.96. The number of pyridine rings is 1. The van der Waals surface area contributed by atoms with Gasteiger partial charge in [0.15, 0.2) is 11.5 Å². The van der Waals surface area contributed by atoms with Crippen molar-refractivity contribution in [2.45, 2.75) is 32.6 Å². The number of esters is 1. The van der Waals surface area contributed by atoms with Crippen LogP contribution >= 0.6 is 0 Å². The molecule has 23 heavy (non-hydrogen) atoms. The number of methoxy groups -OCH3 is 2. The van der Waals surface area contributed by atoms with Gasteiger partial charge in [0.2, 0.25) is 0 Å². The number of aromatic amines is 1. The minimum absolute atomic E-state index is 0.0934. The fraction of sp³-hybridized carbons (Fsp3) is 0.412. The number of phenolic OH excluding ortho intramolecular Hbond substituents is 1. The Hall–Kier alpha value is -2.50. The molecular formula is C17H21NO5. The molecule has 2 aromatic rings. The molecule has 0 aliphatic carbocycles. The second kappa shape index (κ2) is 7.17. The molecule has 0 saturated heterocycles. The Labute approximate surface area is 134 Å². The van der Waals surface area contributed by atoms with Crippen molar-refractivity contribution in [1.29, 1.82) is 0 Å². The van der Waals surface area contributed by atoms with Gasteiger partial charge in [0.1, 0.15) is 5.56 Å².